The third-order valence-electron chi connectivity index (χ3n) is 6.32. The molecule has 2 aromatic rings. The predicted molar refractivity (Wildman–Crippen MR) is 129 cm³/mol. The van der Waals surface area contributed by atoms with Crippen molar-refractivity contribution in [2.24, 2.45) is 5.92 Å². The highest BCUT2D eigenvalue weighted by Crippen LogP contribution is 2.29. The van der Waals surface area contributed by atoms with Gasteiger partial charge in [-0.25, -0.2) is 4.79 Å². The second kappa shape index (κ2) is 12.2. The fraction of sp³-hybridized carbons (Fsp3) is 0.538. The number of thiophene rings is 1. The van der Waals surface area contributed by atoms with Crippen molar-refractivity contribution in [3.8, 4) is 11.1 Å². The van der Waals surface area contributed by atoms with Gasteiger partial charge in [0.2, 0.25) is 5.91 Å². The number of hydrogen-bond acceptors (Lipinski definition) is 4. The molecule has 0 bridgehead atoms. The Bertz CT molecular complexity index is 870. The highest BCUT2D eigenvalue weighted by molar-refractivity contribution is 7.10. The summed E-state index contributed by atoms with van der Waals surface area (Å²) in [6.45, 7) is 2.82. The van der Waals surface area contributed by atoms with E-state index < -0.39 is 12.1 Å². The summed E-state index contributed by atoms with van der Waals surface area (Å²) in [5.74, 6) is 0.0321. The van der Waals surface area contributed by atoms with Crippen molar-refractivity contribution in [1.29, 1.82) is 0 Å². The van der Waals surface area contributed by atoms with Crippen LogP contribution in [0.3, 0.4) is 0 Å². The van der Waals surface area contributed by atoms with Crippen LogP contribution in [0.15, 0.2) is 35.7 Å². The summed E-state index contributed by atoms with van der Waals surface area (Å²) in [5, 5.41) is 11.4. The zero-order valence-corrected chi connectivity index (χ0v) is 20.0. The average Bonchev–Trinajstić information content (AvgIpc) is 3.26. The van der Waals surface area contributed by atoms with Gasteiger partial charge in [0.05, 0.1) is 6.54 Å². The zero-order chi connectivity index (χ0) is 22.9. The molecule has 1 N–H and O–H groups in total. The van der Waals surface area contributed by atoms with Gasteiger partial charge < -0.3 is 14.7 Å². The SMILES string of the molecule is CCO[C@@H](Cc1ccc(-c2csc(CN(C)C(=O)CCC3CCCCC3)c2)cc1)C(=O)O. The lowest BCUT2D eigenvalue weighted by Gasteiger charge is -2.22. The third-order valence-corrected chi connectivity index (χ3v) is 7.24. The van der Waals surface area contributed by atoms with Gasteiger partial charge in [0.1, 0.15) is 0 Å². The number of benzene rings is 1. The van der Waals surface area contributed by atoms with Crippen molar-refractivity contribution in [3.63, 3.8) is 0 Å². The topological polar surface area (TPSA) is 66.8 Å². The van der Waals surface area contributed by atoms with E-state index in [1.807, 2.05) is 36.2 Å². The lowest BCUT2D eigenvalue weighted by atomic mass is 9.86. The smallest absolute Gasteiger partial charge is 0.333 e. The average molecular weight is 458 g/mol. The van der Waals surface area contributed by atoms with Crippen LogP contribution >= 0.6 is 11.3 Å². The van der Waals surface area contributed by atoms with Crippen LogP contribution in [-0.4, -0.2) is 41.6 Å². The minimum Gasteiger partial charge on any atom is -0.479 e. The Balaban J connectivity index is 1.52. The monoisotopic (exact) mass is 457 g/mol. The lowest BCUT2D eigenvalue weighted by molar-refractivity contribution is -0.150. The standard InChI is InChI=1S/C26H35NO4S/c1-3-31-24(26(29)30)15-20-9-12-21(13-10-20)22-16-23(32-18-22)17-27(2)25(28)14-11-19-7-5-4-6-8-19/h9-10,12-13,16,18-19,24H,3-8,11,14-15,17H2,1-2H3,(H,29,30)/t24-/m0/s1. The summed E-state index contributed by atoms with van der Waals surface area (Å²) in [6.07, 6.45) is 7.78. The molecule has 1 aromatic heterocycles. The molecule has 1 fully saturated rings. The fourth-order valence-electron chi connectivity index (χ4n) is 4.40. The Hall–Kier alpha value is -2.18. The first-order valence-corrected chi connectivity index (χ1v) is 12.6. The molecule has 1 aliphatic rings. The first-order valence-electron chi connectivity index (χ1n) is 11.7. The molecule has 1 saturated carbocycles. The van der Waals surface area contributed by atoms with Gasteiger partial charge in [0, 0.05) is 31.4 Å². The molecule has 5 nitrogen and oxygen atoms in total. The second-order valence-corrected chi connectivity index (χ2v) is 9.77. The minimum atomic E-state index is -0.934. The predicted octanol–water partition coefficient (Wildman–Crippen LogP) is 5.77. The Labute approximate surface area is 195 Å². The first kappa shape index (κ1) is 24.5. The Morgan fingerprint density at radius 2 is 1.88 bits per heavy atom. The van der Waals surface area contributed by atoms with Gasteiger partial charge in [-0.3, -0.25) is 4.79 Å². The van der Waals surface area contributed by atoms with Crippen LogP contribution in [0.2, 0.25) is 0 Å². The summed E-state index contributed by atoms with van der Waals surface area (Å²) >= 11 is 1.67. The Morgan fingerprint density at radius 3 is 2.53 bits per heavy atom. The van der Waals surface area contributed by atoms with Crippen LogP contribution in [-0.2, 0) is 27.3 Å². The van der Waals surface area contributed by atoms with E-state index in [9.17, 15) is 14.7 Å². The van der Waals surface area contributed by atoms with E-state index in [4.69, 9.17) is 4.74 Å². The molecule has 3 rings (SSSR count). The maximum Gasteiger partial charge on any atom is 0.333 e. The molecule has 0 spiro atoms. The molecule has 6 heteroatoms. The number of carboxylic acids is 1. The lowest BCUT2D eigenvalue weighted by Crippen LogP contribution is -2.26. The number of carboxylic acid groups (broad SMARTS) is 1. The fourth-order valence-corrected chi connectivity index (χ4v) is 5.34. The maximum absolute atomic E-state index is 12.6. The number of hydrogen-bond donors (Lipinski definition) is 1. The van der Waals surface area contributed by atoms with Crippen LogP contribution in [0, 0.1) is 5.92 Å². The number of nitrogens with zero attached hydrogens (tertiary/aromatic N) is 1. The molecule has 0 radical (unpaired) electrons. The number of ether oxygens (including phenoxy) is 1. The number of carbonyl (C=O) groups excluding carboxylic acids is 1. The molecule has 1 heterocycles. The molecule has 1 aliphatic carbocycles. The van der Waals surface area contributed by atoms with E-state index in [0.717, 1.165) is 29.0 Å². The van der Waals surface area contributed by atoms with Crippen molar-refractivity contribution in [1.82, 2.24) is 4.90 Å². The van der Waals surface area contributed by atoms with E-state index in [1.54, 1.807) is 18.3 Å². The number of carbonyl (C=O) groups is 2. The van der Waals surface area contributed by atoms with E-state index in [1.165, 1.54) is 37.0 Å². The van der Waals surface area contributed by atoms with Gasteiger partial charge in [-0.1, -0.05) is 56.4 Å². The minimum absolute atomic E-state index is 0.233. The normalized spacial score (nSPS) is 15.4. The Kier molecular flexibility index (Phi) is 9.30. The summed E-state index contributed by atoms with van der Waals surface area (Å²) in [7, 11) is 1.90. The molecule has 0 saturated heterocycles. The second-order valence-electron chi connectivity index (χ2n) is 8.78. The van der Waals surface area contributed by atoms with Gasteiger partial charge in [-0.2, -0.15) is 0 Å². The maximum atomic E-state index is 12.6. The van der Waals surface area contributed by atoms with E-state index in [-0.39, 0.29) is 5.91 Å². The van der Waals surface area contributed by atoms with Gasteiger partial charge in [-0.05, 0) is 47.4 Å². The molecule has 32 heavy (non-hydrogen) atoms. The number of aliphatic carboxylic acids is 1. The van der Waals surface area contributed by atoms with Crippen LogP contribution in [0.1, 0.15) is 62.3 Å². The first-order chi connectivity index (χ1) is 15.5. The summed E-state index contributed by atoms with van der Waals surface area (Å²) in [6, 6.07) is 10.1. The van der Waals surface area contributed by atoms with E-state index in [0.29, 0.717) is 26.0 Å². The largest absolute Gasteiger partial charge is 0.479 e. The molecule has 1 atom stereocenters. The quantitative estimate of drug-likeness (QED) is 0.465. The van der Waals surface area contributed by atoms with E-state index in [2.05, 4.69) is 11.4 Å². The molecule has 1 amide bonds. The van der Waals surface area contributed by atoms with Gasteiger partial charge in [0.25, 0.3) is 0 Å². The van der Waals surface area contributed by atoms with Gasteiger partial charge in [-0.15, -0.1) is 11.3 Å². The zero-order valence-electron chi connectivity index (χ0n) is 19.2. The summed E-state index contributed by atoms with van der Waals surface area (Å²) in [4.78, 5) is 26.9. The van der Waals surface area contributed by atoms with Crippen molar-refractivity contribution in [2.75, 3.05) is 13.7 Å². The van der Waals surface area contributed by atoms with Crippen LogP contribution in [0.25, 0.3) is 11.1 Å². The van der Waals surface area contributed by atoms with Crippen molar-refractivity contribution >= 4 is 23.2 Å². The molecule has 0 aliphatic heterocycles. The van der Waals surface area contributed by atoms with E-state index >= 15 is 0 Å². The van der Waals surface area contributed by atoms with Crippen molar-refractivity contribution < 1.29 is 19.4 Å². The summed E-state index contributed by atoms with van der Waals surface area (Å²) in [5.41, 5.74) is 3.15. The Morgan fingerprint density at radius 1 is 1.16 bits per heavy atom. The molecule has 1 aromatic carbocycles. The molecule has 174 valence electrons. The highest BCUT2D eigenvalue weighted by atomic mass is 32.1. The number of rotatable bonds is 11. The molecular weight excluding hydrogens is 422 g/mol. The van der Waals surface area contributed by atoms with Crippen LogP contribution < -0.4 is 0 Å². The highest BCUT2D eigenvalue weighted by Gasteiger charge is 2.19. The van der Waals surface area contributed by atoms with Crippen LogP contribution in [0.4, 0.5) is 0 Å². The van der Waals surface area contributed by atoms with Gasteiger partial charge >= 0.3 is 5.97 Å². The van der Waals surface area contributed by atoms with Gasteiger partial charge in [0.15, 0.2) is 6.10 Å². The number of amides is 1. The summed E-state index contributed by atoms with van der Waals surface area (Å²) < 4.78 is 5.30. The van der Waals surface area contributed by atoms with Crippen molar-refractivity contribution in [2.45, 2.75) is 70.9 Å². The van der Waals surface area contributed by atoms with Crippen LogP contribution in [0.5, 0.6) is 0 Å². The molecule has 0 unspecified atom stereocenters. The third kappa shape index (κ3) is 7.17. The van der Waals surface area contributed by atoms with Crippen molar-refractivity contribution in [3.05, 3.63) is 46.2 Å². The molecular formula is C26H35NO4S.